The standard InChI is InChI=1S/C26H32N2Se/c1-2-12-24-25(19-21-13-6-3-7-14-21)29-26(27-23-17-10-5-11-18-23)28(24)20-22-15-8-4-9-16-22/h3-4,6-9,13-16,19,23-24H,2,5,10-12,17-18,20H2,1H3/b25-19+,27-26?. The Morgan fingerprint density at radius 3 is 2.34 bits per heavy atom. The molecular formula is C26H32N2Se. The molecule has 29 heavy (non-hydrogen) atoms. The van der Waals surface area contributed by atoms with Crippen molar-refractivity contribution >= 4 is 25.8 Å². The van der Waals surface area contributed by atoms with Crippen LogP contribution >= 0.6 is 0 Å². The zero-order chi connectivity index (χ0) is 19.9. The molecule has 1 saturated carbocycles. The van der Waals surface area contributed by atoms with Crippen LogP contribution in [0.3, 0.4) is 0 Å². The van der Waals surface area contributed by atoms with Gasteiger partial charge in [-0.05, 0) is 0 Å². The number of benzene rings is 2. The van der Waals surface area contributed by atoms with E-state index in [1.54, 1.807) is 4.47 Å². The van der Waals surface area contributed by atoms with Crippen molar-refractivity contribution in [3.8, 4) is 0 Å². The first kappa shape index (κ1) is 20.4. The van der Waals surface area contributed by atoms with Crippen molar-refractivity contribution < 1.29 is 0 Å². The van der Waals surface area contributed by atoms with Crippen molar-refractivity contribution in [1.82, 2.24) is 4.90 Å². The summed E-state index contributed by atoms with van der Waals surface area (Å²) in [7, 11) is 0. The second kappa shape index (κ2) is 10.3. The molecule has 152 valence electrons. The molecule has 0 aromatic heterocycles. The van der Waals surface area contributed by atoms with Crippen LogP contribution in [0.25, 0.3) is 6.08 Å². The summed E-state index contributed by atoms with van der Waals surface area (Å²) < 4.78 is 2.98. The fourth-order valence-electron chi connectivity index (χ4n) is 4.35. The third kappa shape index (κ3) is 5.41. The molecule has 0 bridgehead atoms. The van der Waals surface area contributed by atoms with E-state index in [0.717, 1.165) is 6.54 Å². The number of aliphatic imine (C=N–C) groups is 1. The predicted octanol–water partition coefficient (Wildman–Crippen LogP) is 6.10. The molecule has 2 fully saturated rings. The van der Waals surface area contributed by atoms with Gasteiger partial charge in [-0.3, -0.25) is 0 Å². The number of rotatable bonds is 6. The van der Waals surface area contributed by atoms with Crippen LogP contribution in [0.1, 0.15) is 63.0 Å². The summed E-state index contributed by atoms with van der Waals surface area (Å²) in [5.74, 6) is 0. The monoisotopic (exact) mass is 452 g/mol. The van der Waals surface area contributed by atoms with Gasteiger partial charge in [-0.15, -0.1) is 0 Å². The van der Waals surface area contributed by atoms with Crippen molar-refractivity contribution in [2.24, 2.45) is 4.99 Å². The Bertz CT molecular complexity index is 822. The van der Waals surface area contributed by atoms with Crippen molar-refractivity contribution in [2.45, 2.75) is 70.5 Å². The second-order valence-electron chi connectivity index (χ2n) is 8.18. The van der Waals surface area contributed by atoms with Crippen LogP contribution in [-0.2, 0) is 6.54 Å². The summed E-state index contributed by atoms with van der Waals surface area (Å²) in [6, 6.07) is 22.8. The van der Waals surface area contributed by atoms with Gasteiger partial charge in [0.15, 0.2) is 0 Å². The van der Waals surface area contributed by atoms with Crippen LogP contribution in [-0.4, -0.2) is 36.7 Å². The quantitative estimate of drug-likeness (QED) is 0.484. The third-order valence-corrected chi connectivity index (χ3v) is 8.30. The molecule has 0 radical (unpaired) electrons. The summed E-state index contributed by atoms with van der Waals surface area (Å²) in [6.07, 6.45) is 11.5. The number of hydrogen-bond acceptors (Lipinski definition) is 1. The van der Waals surface area contributed by atoms with E-state index in [1.807, 2.05) is 0 Å². The van der Waals surface area contributed by atoms with E-state index in [2.05, 4.69) is 78.6 Å². The van der Waals surface area contributed by atoms with Gasteiger partial charge in [-0.1, -0.05) is 0 Å². The van der Waals surface area contributed by atoms with E-state index in [-0.39, 0.29) is 0 Å². The summed E-state index contributed by atoms with van der Waals surface area (Å²) in [5, 5.41) is 0. The summed E-state index contributed by atoms with van der Waals surface area (Å²) in [5.41, 5.74) is 2.71. The first-order valence-electron chi connectivity index (χ1n) is 11.2. The molecule has 1 aliphatic carbocycles. The van der Waals surface area contributed by atoms with Gasteiger partial charge in [0, 0.05) is 0 Å². The van der Waals surface area contributed by atoms with E-state index in [4.69, 9.17) is 4.99 Å². The summed E-state index contributed by atoms with van der Waals surface area (Å²) >= 11 is 0.321. The topological polar surface area (TPSA) is 15.6 Å². The Morgan fingerprint density at radius 1 is 0.966 bits per heavy atom. The van der Waals surface area contributed by atoms with Gasteiger partial charge in [0.1, 0.15) is 0 Å². The minimum atomic E-state index is 0.321. The first-order chi connectivity index (χ1) is 14.3. The second-order valence-corrected chi connectivity index (χ2v) is 10.4. The SMILES string of the molecule is CCCC1/C(=C\c2ccccc2)[Se]C(=NC2CCCCC2)N1Cc1ccccc1. The molecule has 1 atom stereocenters. The average Bonchev–Trinajstić information content (AvgIpc) is 3.06. The molecule has 1 unspecified atom stereocenters. The average molecular weight is 452 g/mol. The Balaban J connectivity index is 1.66. The molecule has 1 aliphatic heterocycles. The fourth-order valence-corrected chi connectivity index (χ4v) is 7.08. The summed E-state index contributed by atoms with van der Waals surface area (Å²) in [6.45, 7) is 3.29. The Kier molecular flexibility index (Phi) is 7.24. The zero-order valence-corrected chi connectivity index (χ0v) is 19.2. The van der Waals surface area contributed by atoms with Gasteiger partial charge >= 0.3 is 182 Å². The minimum absolute atomic E-state index is 0.321. The molecule has 4 rings (SSSR count). The molecule has 2 aromatic carbocycles. The van der Waals surface area contributed by atoms with Gasteiger partial charge in [0.2, 0.25) is 0 Å². The van der Waals surface area contributed by atoms with E-state index in [1.165, 1.54) is 60.8 Å². The fraction of sp³-hybridized carbons (Fsp3) is 0.423. The Labute approximate surface area is 182 Å². The first-order valence-corrected chi connectivity index (χ1v) is 12.9. The molecule has 3 heteroatoms. The van der Waals surface area contributed by atoms with Crippen molar-refractivity contribution in [3.63, 3.8) is 0 Å². The van der Waals surface area contributed by atoms with Gasteiger partial charge in [0.25, 0.3) is 0 Å². The molecule has 0 spiro atoms. The number of hydrogen-bond donors (Lipinski definition) is 0. The normalized spacial score (nSPS) is 23.2. The molecule has 1 saturated heterocycles. The zero-order valence-electron chi connectivity index (χ0n) is 17.5. The molecule has 0 amide bonds. The van der Waals surface area contributed by atoms with Gasteiger partial charge in [-0.2, -0.15) is 0 Å². The van der Waals surface area contributed by atoms with Crippen LogP contribution in [0.2, 0.25) is 0 Å². The van der Waals surface area contributed by atoms with Crippen LogP contribution in [0.15, 0.2) is 70.1 Å². The maximum absolute atomic E-state index is 5.37. The molecule has 0 N–H and O–H groups in total. The van der Waals surface area contributed by atoms with E-state index < -0.39 is 0 Å². The molecular weight excluding hydrogens is 419 g/mol. The number of amidine groups is 1. The Morgan fingerprint density at radius 2 is 1.66 bits per heavy atom. The van der Waals surface area contributed by atoms with Gasteiger partial charge in [0.05, 0.1) is 0 Å². The van der Waals surface area contributed by atoms with E-state index >= 15 is 0 Å². The third-order valence-electron chi connectivity index (χ3n) is 5.89. The van der Waals surface area contributed by atoms with E-state index in [0.29, 0.717) is 27.0 Å². The molecule has 2 aliphatic rings. The molecule has 2 aromatic rings. The summed E-state index contributed by atoms with van der Waals surface area (Å²) in [4.78, 5) is 8.01. The van der Waals surface area contributed by atoms with Crippen LogP contribution in [0, 0.1) is 0 Å². The van der Waals surface area contributed by atoms with Crippen LogP contribution in [0.4, 0.5) is 0 Å². The van der Waals surface area contributed by atoms with E-state index in [9.17, 15) is 0 Å². The molecule has 1 heterocycles. The predicted molar refractivity (Wildman–Crippen MR) is 125 cm³/mol. The van der Waals surface area contributed by atoms with Crippen molar-refractivity contribution in [3.05, 3.63) is 76.3 Å². The van der Waals surface area contributed by atoms with Gasteiger partial charge < -0.3 is 0 Å². The van der Waals surface area contributed by atoms with Crippen molar-refractivity contribution in [1.29, 1.82) is 0 Å². The van der Waals surface area contributed by atoms with Gasteiger partial charge in [-0.25, -0.2) is 0 Å². The molecule has 2 nitrogen and oxygen atoms in total. The van der Waals surface area contributed by atoms with Crippen LogP contribution < -0.4 is 0 Å². The number of nitrogens with zero attached hydrogens (tertiary/aromatic N) is 2. The van der Waals surface area contributed by atoms with Crippen LogP contribution in [0.5, 0.6) is 0 Å². The maximum atomic E-state index is 5.37. The van der Waals surface area contributed by atoms with Crippen molar-refractivity contribution in [2.75, 3.05) is 0 Å². The Hall–Kier alpha value is -1.83.